The maximum absolute atomic E-state index is 9.32. The number of nitrogens with zero attached hydrogens (tertiary/aromatic N) is 3. The molecule has 0 unspecified atom stereocenters. The first-order valence-corrected chi connectivity index (χ1v) is 10.1. The van der Waals surface area contributed by atoms with Crippen LogP contribution in [-0.2, 0) is 4.74 Å². The number of aliphatic hydroxyl groups is 1. The number of aliphatic hydroxyl groups excluding tert-OH is 1. The normalized spacial score (nSPS) is 27.8. The average molecular weight is 408 g/mol. The lowest BCUT2D eigenvalue weighted by atomic mass is 9.87. The molecule has 1 saturated heterocycles. The highest BCUT2D eigenvalue weighted by molar-refractivity contribution is 9.10. The van der Waals surface area contributed by atoms with Gasteiger partial charge in [-0.25, -0.2) is 0 Å². The first-order chi connectivity index (χ1) is 12.1. The van der Waals surface area contributed by atoms with E-state index >= 15 is 0 Å². The van der Waals surface area contributed by atoms with Crippen LogP contribution in [0.4, 0.5) is 5.69 Å². The Bertz CT molecular complexity index is 740. The molecule has 4 rings (SSSR count). The summed E-state index contributed by atoms with van der Waals surface area (Å²) in [6.45, 7) is 5.04. The predicted octanol–water partition coefficient (Wildman–Crippen LogP) is 3.75. The quantitative estimate of drug-likeness (QED) is 0.841. The van der Waals surface area contributed by atoms with Crippen LogP contribution in [0, 0.1) is 5.92 Å². The summed E-state index contributed by atoms with van der Waals surface area (Å²) in [5.41, 5.74) is 2.26. The summed E-state index contributed by atoms with van der Waals surface area (Å²) in [4.78, 5) is 2.38. The highest BCUT2D eigenvalue weighted by Crippen LogP contribution is 2.35. The van der Waals surface area contributed by atoms with Crippen molar-refractivity contribution in [1.82, 2.24) is 9.78 Å². The molecule has 1 atom stereocenters. The Kier molecular flexibility index (Phi) is 5.02. The van der Waals surface area contributed by atoms with E-state index in [0.29, 0.717) is 18.6 Å². The fraction of sp³-hybridized carbons (Fsp3) is 0.632. The third-order valence-corrected chi connectivity index (χ3v) is 6.26. The number of morpholine rings is 1. The maximum atomic E-state index is 9.32. The molecule has 0 spiro atoms. The number of ether oxygens (including phenoxy) is 1. The van der Waals surface area contributed by atoms with E-state index in [1.807, 2.05) is 0 Å². The van der Waals surface area contributed by atoms with Gasteiger partial charge >= 0.3 is 0 Å². The first-order valence-electron chi connectivity index (χ1n) is 9.30. The van der Waals surface area contributed by atoms with E-state index in [-0.39, 0.29) is 6.10 Å². The lowest BCUT2D eigenvalue weighted by Crippen LogP contribution is -2.41. The molecule has 1 aliphatic heterocycles. The van der Waals surface area contributed by atoms with Gasteiger partial charge in [0.1, 0.15) is 0 Å². The molecule has 1 aromatic heterocycles. The summed E-state index contributed by atoms with van der Waals surface area (Å²) in [7, 11) is 0. The minimum atomic E-state index is 0.260. The number of hydrogen-bond donors (Lipinski definition) is 1. The van der Waals surface area contributed by atoms with Crippen molar-refractivity contribution in [3.05, 3.63) is 22.8 Å². The van der Waals surface area contributed by atoms with Crippen LogP contribution in [-0.4, -0.2) is 47.3 Å². The number of anilines is 1. The van der Waals surface area contributed by atoms with Crippen molar-refractivity contribution in [3.8, 4) is 0 Å². The monoisotopic (exact) mass is 407 g/mol. The summed E-state index contributed by atoms with van der Waals surface area (Å²) < 4.78 is 8.94. The second-order valence-corrected chi connectivity index (χ2v) is 8.31. The van der Waals surface area contributed by atoms with E-state index in [2.05, 4.69) is 50.8 Å². The number of aromatic nitrogens is 2. The van der Waals surface area contributed by atoms with E-state index in [0.717, 1.165) is 55.4 Å². The van der Waals surface area contributed by atoms with Gasteiger partial charge in [-0.15, -0.1) is 0 Å². The number of rotatable bonds is 3. The lowest BCUT2D eigenvalue weighted by molar-refractivity contribution is 0.0532. The number of halogens is 1. The molecule has 136 valence electrons. The van der Waals surface area contributed by atoms with Crippen molar-refractivity contribution in [2.75, 3.05) is 31.2 Å². The summed E-state index contributed by atoms with van der Waals surface area (Å²) in [6.07, 6.45) is 6.84. The Morgan fingerprint density at radius 2 is 2.08 bits per heavy atom. The van der Waals surface area contributed by atoms with Gasteiger partial charge in [0.2, 0.25) is 0 Å². The molecule has 2 fully saturated rings. The topological polar surface area (TPSA) is 50.5 Å². The Balaban J connectivity index is 1.58. The standard InChI is InChI=1S/C19H26BrN3O2/c1-13-10-22(6-7-25-13)19-9-18-15(8-17(19)20)11-23(21-18)16-4-2-14(12-24)3-5-16/h8-9,11,13-14,16,24H,2-7,10,12H2,1H3/t13-,14?,16?/m0/s1. The Labute approximate surface area is 157 Å². The Hall–Kier alpha value is -1.11. The van der Waals surface area contributed by atoms with E-state index in [9.17, 15) is 5.11 Å². The summed E-state index contributed by atoms with van der Waals surface area (Å²) >= 11 is 3.75. The average Bonchev–Trinajstić information content (AvgIpc) is 3.04. The molecule has 25 heavy (non-hydrogen) atoms. The van der Waals surface area contributed by atoms with E-state index in [1.165, 1.54) is 11.1 Å². The molecular formula is C19H26BrN3O2. The van der Waals surface area contributed by atoms with Gasteiger partial charge in [0.05, 0.1) is 30.0 Å². The zero-order valence-electron chi connectivity index (χ0n) is 14.7. The summed E-state index contributed by atoms with van der Waals surface area (Å²) in [5, 5.41) is 15.4. The Morgan fingerprint density at radius 1 is 1.28 bits per heavy atom. The molecule has 0 radical (unpaired) electrons. The van der Waals surface area contributed by atoms with Crippen LogP contribution >= 0.6 is 15.9 Å². The van der Waals surface area contributed by atoms with Gasteiger partial charge in [0.25, 0.3) is 0 Å². The van der Waals surface area contributed by atoms with Gasteiger partial charge in [-0.2, -0.15) is 5.10 Å². The fourth-order valence-electron chi connectivity index (χ4n) is 4.11. The molecule has 1 N–H and O–H groups in total. The van der Waals surface area contributed by atoms with Gasteiger partial charge in [0.15, 0.2) is 0 Å². The van der Waals surface area contributed by atoms with Crippen LogP contribution in [0.1, 0.15) is 38.6 Å². The maximum Gasteiger partial charge on any atom is 0.0944 e. The zero-order valence-corrected chi connectivity index (χ0v) is 16.3. The summed E-state index contributed by atoms with van der Waals surface area (Å²) in [6, 6.07) is 4.85. The second kappa shape index (κ2) is 7.25. The molecule has 1 aromatic carbocycles. The van der Waals surface area contributed by atoms with E-state index in [1.54, 1.807) is 0 Å². The summed E-state index contributed by atoms with van der Waals surface area (Å²) in [5.74, 6) is 0.477. The minimum absolute atomic E-state index is 0.260. The van der Waals surface area contributed by atoms with Crippen LogP contribution in [0.25, 0.3) is 10.9 Å². The molecule has 6 heteroatoms. The highest BCUT2D eigenvalue weighted by Gasteiger charge is 2.24. The van der Waals surface area contributed by atoms with Gasteiger partial charge < -0.3 is 14.7 Å². The van der Waals surface area contributed by atoms with Crippen molar-refractivity contribution in [2.45, 2.75) is 44.8 Å². The molecular weight excluding hydrogens is 382 g/mol. The SMILES string of the molecule is C[C@H]1CN(c2cc3nn(C4CCC(CO)CC4)cc3cc2Br)CCO1. The third kappa shape index (κ3) is 3.57. The van der Waals surface area contributed by atoms with Crippen molar-refractivity contribution < 1.29 is 9.84 Å². The molecule has 0 amide bonds. The van der Waals surface area contributed by atoms with Crippen molar-refractivity contribution in [3.63, 3.8) is 0 Å². The third-order valence-electron chi connectivity index (χ3n) is 5.62. The molecule has 1 aliphatic carbocycles. The van der Waals surface area contributed by atoms with Gasteiger partial charge in [0, 0.05) is 35.8 Å². The minimum Gasteiger partial charge on any atom is -0.396 e. The largest absolute Gasteiger partial charge is 0.396 e. The van der Waals surface area contributed by atoms with Crippen LogP contribution in [0.15, 0.2) is 22.8 Å². The molecule has 5 nitrogen and oxygen atoms in total. The smallest absolute Gasteiger partial charge is 0.0944 e. The predicted molar refractivity (Wildman–Crippen MR) is 103 cm³/mol. The first kappa shape index (κ1) is 17.3. The molecule has 2 aromatic rings. The fourth-order valence-corrected chi connectivity index (χ4v) is 4.72. The van der Waals surface area contributed by atoms with Crippen LogP contribution in [0.3, 0.4) is 0 Å². The van der Waals surface area contributed by atoms with Gasteiger partial charge in [-0.1, -0.05) is 0 Å². The van der Waals surface area contributed by atoms with E-state index < -0.39 is 0 Å². The number of hydrogen-bond acceptors (Lipinski definition) is 4. The van der Waals surface area contributed by atoms with Crippen LogP contribution < -0.4 is 4.90 Å². The molecule has 2 heterocycles. The zero-order chi connectivity index (χ0) is 17.4. The molecule has 1 saturated carbocycles. The van der Waals surface area contributed by atoms with Crippen molar-refractivity contribution in [2.24, 2.45) is 5.92 Å². The second-order valence-electron chi connectivity index (χ2n) is 7.46. The van der Waals surface area contributed by atoms with Crippen molar-refractivity contribution >= 4 is 32.5 Å². The number of benzene rings is 1. The molecule has 2 aliphatic rings. The van der Waals surface area contributed by atoms with Crippen molar-refractivity contribution in [1.29, 1.82) is 0 Å². The van der Waals surface area contributed by atoms with E-state index in [4.69, 9.17) is 9.84 Å². The lowest BCUT2D eigenvalue weighted by Gasteiger charge is -2.33. The van der Waals surface area contributed by atoms with Crippen LogP contribution in [0.2, 0.25) is 0 Å². The Morgan fingerprint density at radius 3 is 2.80 bits per heavy atom. The van der Waals surface area contributed by atoms with Crippen LogP contribution in [0.5, 0.6) is 0 Å². The van der Waals surface area contributed by atoms with Gasteiger partial charge in [-0.05, 0) is 66.6 Å². The number of fused-ring (bicyclic) bond motifs is 1. The van der Waals surface area contributed by atoms with Gasteiger partial charge in [-0.3, -0.25) is 4.68 Å². The molecule has 0 bridgehead atoms. The highest BCUT2D eigenvalue weighted by atomic mass is 79.9.